The van der Waals surface area contributed by atoms with E-state index in [1.807, 2.05) is 12.1 Å². The highest BCUT2D eigenvalue weighted by molar-refractivity contribution is 7.80. The van der Waals surface area contributed by atoms with Crippen LogP contribution in [0.3, 0.4) is 0 Å². The van der Waals surface area contributed by atoms with Crippen molar-refractivity contribution >= 4 is 17.2 Å². The molecule has 0 unspecified atom stereocenters. The lowest BCUT2D eigenvalue weighted by molar-refractivity contribution is 0.407. The van der Waals surface area contributed by atoms with Gasteiger partial charge in [-0.25, -0.2) is 0 Å². The van der Waals surface area contributed by atoms with Crippen molar-refractivity contribution in [3.63, 3.8) is 0 Å². The molecule has 5 heteroatoms. The Kier molecular flexibility index (Phi) is 10.6. The number of methoxy groups -OCH3 is 1. The molecular formula is C19H33N3OS. The molecule has 0 bridgehead atoms. The molecule has 0 aliphatic carbocycles. The van der Waals surface area contributed by atoms with Crippen LogP contribution >= 0.6 is 12.2 Å². The molecule has 0 spiro atoms. The smallest absolute Gasteiger partial charge is 0.122 e. The first-order valence-electron chi connectivity index (χ1n) is 9.00. The fraction of sp³-hybridized carbons (Fsp3) is 0.632. The summed E-state index contributed by atoms with van der Waals surface area (Å²) in [5.74, 6) is 0.831. The van der Waals surface area contributed by atoms with Crippen LogP contribution in [0, 0.1) is 0 Å². The molecule has 5 N–H and O–H groups in total. The molecule has 0 aliphatic heterocycles. The van der Waals surface area contributed by atoms with Gasteiger partial charge in [0, 0.05) is 13.0 Å². The number of benzene rings is 1. The number of ether oxygens (including phenoxy) is 1. The Morgan fingerprint density at radius 3 is 2.54 bits per heavy atom. The van der Waals surface area contributed by atoms with Gasteiger partial charge in [0.05, 0.1) is 18.3 Å². The molecule has 24 heavy (non-hydrogen) atoms. The molecular weight excluding hydrogens is 318 g/mol. The Balaban J connectivity index is 2.34. The summed E-state index contributed by atoms with van der Waals surface area (Å²) in [5, 5.41) is 3.34. The van der Waals surface area contributed by atoms with Crippen molar-refractivity contribution in [2.24, 2.45) is 11.5 Å². The summed E-state index contributed by atoms with van der Waals surface area (Å²) in [6.45, 7) is 2.96. The van der Waals surface area contributed by atoms with Gasteiger partial charge >= 0.3 is 0 Å². The lowest BCUT2D eigenvalue weighted by Crippen LogP contribution is -2.32. The third kappa shape index (κ3) is 8.62. The van der Waals surface area contributed by atoms with Gasteiger partial charge in [0.15, 0.2) is 0 Å². The van der Waals surface area contributed by atoms with Crippen LogP contribution in [-0.2, 0) is 13.0 Å². The van der Waals surface area contributed by atoms with E-state index in [1.165, 1.54) is 38.5 Å². The molecule has 1 aromatic carbocycles. The largest absolute Gasteiger partial charge is 0.496 e. The molecule has 0 amide bonds. The second kappa shape index (κ2) is 12.2. The van der Waals surface area contributed by atoms with E-state index < -0.39 is 0 Å². The number of nitrogens with two attached hydrogens (primary N) is 2. The maximum atomic E-state index is 5.66. The van der Waals surface area contributed by atoms with Crippen LogP contribution in [0.1, 0.15) is 63.0 Å². The van der Waals surface area contributed by atoms with Crippen LogP contribution in [0.5, 0.6) is 5.75 Å². The highest BCUT2D eigenvalue weighted by Gasteiger charge is 2.07. The van der Waals surface area contributed by atoms with E-state index in [4.69, 9.17) is 28.4 Å². The molecule has 0 atom stereocenters. The van der Waals surface area contributed by atoms with E-state index in [9.17, 15) is 0 Å². The molecule has 0 aliphatic rings. The van der Waals surface area contributed by atoms with Crippen molar-refractivity contribution in [1.29, 1.82) is 0 Å². The molecule has 136 valence electrons. The highest BCUT2D eigenvalue weighted by atomic mass is 32.1. The second-order valence-corrected chi connectivity index (χ2v) is 6.80. The summed E-state index contributed by atoms with van der Waals surface area (Å²) >= 11 is 5.42. The van der Waals surface area contributed by atoms with Gasteiger partial charge in [0.25, 0.3) is 0 Å². The summed E-state index contributed by atoms with van der Waals surface area (Å²) in [4.78, 5) is 0.942. The van der Waals surface area contributed by atoms with E-state index >= 15 is 0 Å². The molecule has 0 aromatic heterocycles. The molecule has 0 radical (unpaired) electrons. The van der Waals surface area contributed by atoms with Crippen molar-refractivity contribution in [2.75, 3.05) is 7.11 Å². The van der Waals surface area contributed by atoms with Crippen LogP contribution in [0.4, 0.5) is 0 Å². The molecule has 4 nitrogen and oxygen atoms in total. The minimum Gasteiger partial charge on any atom is -0.496 e. The van der Waals surface area contributed by atoms with Gasteiger partial charge in [0.1, 0.15) is 5.75 Å². The Morgan fingerprint density at radius 2 is 1.88 bits per heavy atom. The van der Waals surface area contributed by atoms with Crippen molar-refractivity contribution in [1.82, 2.24) is 5.32 Å². The lowest BCUT2D eigenvalue weighted by atomic mass is 10.1. The van der Waals surface area contributed by atoms with E-state index in [-0.39, 0.29) is 6.17 Å². The molecule has 0 heterocycles. The maximum Gasteiger partial charge on any atom is 0.122 e. The van der Waals surface area contributed by atoms with Crippen molar-refractivity contribution < 1.29 is 4.74 Å². The first-order valence-corrected chi connectivity index (χ1v) is 9.41. The number of hydrogen-bond donors (Lipinski definition) is 3. The predicted octanol–water partition coefficient (Wildman–Crippen LogP) is 3.65. The summed E-state index contributed by atoms with van der Waals surface area (Å²) in [6.07, 6.45) is 8.94. The summed E-state index contributed by atoms with van der Waals surface area (Å²) in [5.41, 5.74) is 13.5. The zero-order valence-corrected chi connectivity index (χ0v) is 16.0. The van der Waals surface area contributed by atoms with Gasteiger partial charge in [-0.05, 0) is 30.0 Å². The van der Waals surface area contributed by atoms with Crippen LogP contribution in [0.15, 0.2) is 18.2 Å². The fourth-order valence-corrected chi connectivity index (χ4v) is 2.89. The van der Waals surface area contributed by atoms with Gasteiger partial charge < -0.3 is 21.5 Å². The Morgan fingerprint density at radius 1 is 1.17 bits per heavy atom. The second-order valence-electron chi connectivity index (χ2n) is 6.31. The SMILES string of the molecule is CCCCCCCCC(=S)NCc1ccc(CC(N)N)c(OC)c1. The van der Waals surface area contributed by atoms with E-state index in [2.05, 4.69) is 18.3 Å². The van der Waals surface area contributed by atoms with E-state index in [1.54, 1.807) is 7.11 Å². The van der Waals surface area contributed by atoms with Crippen molar-refractivity contribution in [3.8, 4) is 5.75 Å². The summed E-state index contributed by atoms with van der Waals surface area (Å²) in [6, 6.07) is 6.12. The van der Waals surface area contributed by atoms with Gasteiger partial charge in [-0.15, -0.1) is 0 Å². The van der Waals surface area contributed by atoms with Crippen LogP contribution in [0.25, 0.3) is 0 Å². The summed E-state index contributed by atoms with van der Waals surface area (Å²) in [7, 11) is 1.67. The highest BCUT2D eigenvalue weighted by Crippen LogP contribution is 2.21. The molecule has 0 fully saturated rings. The number of hydrogen-bond acceptors (Lipinski definition) is 4. The normalized spacial score (nSPS) is 10.9. The Labute approximate surface area is 152 Å². The fourth-order valence-electron chi connectivity index (χ4n) is 2.68. The quantitative estimate of drug-likeness (QED) is 0.304. The van der Waals surface area contributed by atoms with E-state index in [0.717, 1.165) is 34.8 Å². The van der Waals surface area contributed by atoms with Crippen molar-refractivity contribution in [3.05, 3.63) is 29.3 Å². The Bertz CT molecular complexity index is 492. The van der Waals surface area contributed by atoms with E-state index in [0.29, 0.717) is 6.42 Å². The maximum absolute atomic E-state index is 5.66. The third-order valence-corrected chi connectivity index (χ3v) is 4.40. The van der Waals surface area contributed by atoms with Gasteiger partial charge in [-0.1, -0.05) is 63.4 Å². The van der Waals surface area contributed by atoms with Gasteiger partial charge in [0.2, 0.25) is 0 Å². The minimum atomic E-state index is -0.368. The molecule has 0 saturated carbocycles. The average molecular weight is 352 g/mol. The monoisotopic (exact) mass is 351 g/mol. The molecule has 1 aromatic rings. The minimum absolute atomic E-state index is 0.368. The topological polar surface area (TPSA) is 73.3 Å². The third-order valence-electron chi connectivity index (χ3n) is 4.05. The van der Waals surface area contributed by atoms with Crippen molar-refractivity contribution in [2.45, 2.75) is 71.0 Å². The predicted molar refractivity (Wildman–Crippen MR) is 106 cm³/mol. The molecule has 1 rings (SSSR count). The number of nitrogens with one attached hydrogen (secondary N) is 1. The first-order chi connectivity index (χ1) is 11.6. The zero-order chi connectivity index (χ0) is 17.8. The van der Waals surface area contributed by atoms with Gasteiger partial charge in [-0.3, -0.25) is 0 Å². The summed E-state index contributed by atoms with van der Waals surface area (Å²) < 4.78 is 5.43. The number of rotatable bonds is 12. The first kappa shape index (κ1) is 20.9. The van der Waals surface area contributed by atoms with Crippen LogP contribution in [0.2, 0.25) is 0 Å². The molecule has 0 saturated heterocycles. The van der Waals surface area contributed by atoms with Gasteiger partial charge in [-0.2, -0.15) is 0 Å². The standard InChI is InChI=1S/C19H33N3OS/c1-3-4-5-6-7-8-9-19(24)22-14-15-10-11-16(13-18(20)21)17(12-15)23-2/h10-12,18H,3-9,13-14,20-21H2,1-2H3,(H,22,24). The van der Waals surface area contributed by atoms with Crippen LogP contribution in [-0.4, -0.2) is 18.3 Å². The average Bonchev–Trinajstić information content (AvgIpc) is 2.56. The zero-order valence-electron chi connectivity index (χ0n) is 15.1. The lowest BCUT2D eigenvalue weighted by Gasteiger charge is -2.13. The van der Waals surface area contributed by atoms with Crippen LogP contribution < -0.4 is 21.5 Å². The number of thiocarbonyl (C=S) groups is 1. The number of unbranched alkanes of at least 4 members (excludes halogenated alkanes) is 5. The Hall–Kier alpha value is -1.17.